The van der Waals surface area contributed by atoms with Gasteiger partial charge < -0.3 is 5.11 Å². The van der Waals surface area contributed by atoms with Gasteiger partial charge in [0.1, 0.15) is 5.75 Å². The summed E-state index contributed by atoms with van der Waals surface area (Å²) in [5, 5.41) is 11.1. The molecule has 0 aliphatic rings. The molecule has 0 amide bonds. The average molecular weight is 493 g/mol. The van der Waals surface area contributed by atoms with Gasteiger partial charge in [0.2, 0.25) is 0 Å². The smallest absolute Gasteiger partial charge is 0.119 e. The molecule has 0 aromatic heterocycles. The molecule has 0 atom stereocenters. The fraction of sp³-hybridized carbons (Fsp3) is 0.657. The standard InChI is InChI=1S/C35H56O/c1-5-7-9-11-13-15-17-20-24-30-28-29-33(36)34(35(3,4)31-25-21-19-22-26-31)32(30)27-23-18-16-14-12-10-8-6-2/h19,21-22,25-26,28-29,36H,5-18,20,23-24,27H2,1-4H3. The molecule has 1 heteroatoms. The molecule has 0 unspecified atom stereocenters. The number of hydrogen-bond donors (Lipinski definition) is 1. The number of hydrogen-bond acceptors (Lipinski definition) is 1. The van der Waals surface area contributed by atoms with E-state index in [0.717, 1.165) is 18.4 Å². The molecule has 0 fully saturated rings. The normalized spacial score (nSPS) is 11.8. The number of rotatable bonds is 20. The zero-order valence-corrected chi connectivity index (χ0v) is 24.2. The molecule has 0 bridgehead atoms. The predicted molar refractivity (Wildman–Crippen MR) is 159 cm³/mol. The number of aryl methyl sites for hydroxylation is 1. The van der Waals surface area contributed by atoms with E-state index < -0.39 is 0 Å². The Bertz CT molecular complexity index is 820. The van der Waals surface area contributed by atoms with Crippen LogP contribution >= 0.6 is 0 Å². The summed E-state index contributed by atoms with van der Waals surface area (Å²) in [5.74, 6) is 0.470. The van der Waals surface area contributed by atoms with Gasteiger partial charge in [0.15, 0.2) is 0 Å². The van der Waals surface area contributed by atoms with Crippen LogP contribution in [0.3, 0.4) is 0 Å². The fourth-order valence-corrected chi connectivity index (χ4v) is 5.78. The molecule has 0 saturated carbocycles. The van der Waals surface area contributed by atoms with Crippen LogP contribution in [0.5, 0.6) is 5.75 Å². The van der Waals surface area contributed by atoms with Crippen molar-refractivity contribution in [3.8, 4) is 5.75 Å². The van der Waals surface area contributed by atoms with Crippen LogP contribution in [0.4, 0.5) is 0 Å². The van der Waals surface area contributed by atoms with Crippen LogP contribution in [0.2, 0.25) is 0 Å². The Morgan fingerprint density at radius 1 is 0.556 bits per heavy atom. The maximum Gasteiger partial charge on any atom is 0.119 e. The van der Waals surface area contributed by atoms with Gasteiger partial charge in [0.25, 0.3) is 0 Å². The van der Waals surface area contributed by atoms with Crippen molar-refractivity contribution in [1.29, 1.82) is 0 Å². The van der Waals surface area contributed by atoms with Crippen LogP contribution in [-0.4, -0.2) is 5.11 Å². The lowest BCUT2D eigenvalue weighted by Crippen LogP contribution is -2.22. The Hall–Kier alpha value is -1.76. The summed E-state index contributed by atoms with van der Waals surface area (Å²) in [4.78, 5) is 0. The van der Waals surface area contributed by atoms with Gasteiger partial charge >= 0.3 is 0 Å². The molecule has 2 aromatic carbocycles. The molecule has 0 saturated heterocycles. The second-order valence-electron chi connectivity index (χ2n) is 11.5. The highest BCUT2D eigenvalue weighted by atomic mass is 16.3. The van der Waals surface area contributed by atoms with Crippen molar-refractivity contribution < 1.29 is 5.11 Å². The van der Waals surface area contributed by atoms with E-state index in [4.69, 9.17) is 0 Å². The highest BCUT2D eigenvalue weighted by Crippen LogP contribution is 2.41. The van der Waals surface area contributed by atoms with Crippen molar-refractivity contribution in [1.82, 2.24) is 0 Å². The minimum absolute atomic E-state index is 0.212. The third-order valence-corrected chi connectivity index (χ3v) is 8.09. The lowest BCUT2D eigenvalue weighted by Gasteiger charge is -2.31. The van der Waals surface area contributed by atoms with Crippen LogP contribution in [0.25, 0.3) is 0 Å². The van der Waals surface area contributed by atoms with Gasteiger partial charge in [0.05, 0.1) is 0 Å². The van der Waals surface area contributed by atoms with Crippen LogP contribution in [-0.2, 0) is 18.3 Å². The Morgan fingerprint density at radius 2 is 1.03 bits per heavy atom. The van der Waals surface area contributed by atoms with Crippen LogP contribution < -0.4 is 0 Å². The number of phenolic OH excluding ortho intramolecular Hbond substituents is 1. The molecule has 0 spiro atoms. The van der Waals surface area contributed by atoms with E-state index in [-0.39, 0.29) is 5.41 Å². The Kier molecular flexibility index (Phi) is 14.9. The SMILES string of the molecule is CCCCCCCCCCc1ccc(O)c(C(C)(C)c2ccccc2)c1CCCCCCCCCC. The number of unbranched alkanes of at least 4 members (excludes halogenated alkanes) is 14. The molecule has 0 heterocycles. The molecular formula is C35H56O. The summed E-state index contributed by atoms with van der Waals surface area (Å²) < 4.78 is 0. The molecule has 0 aliphatic carbocycles. The van der Waals surface area contributed by atoms with E-state index in [0.29, 0.717) is 5.75 Å². The second kappa shape index (κ2) is 17.7. The first-order chi connectivity index (χ1) is 17.5. The van der Waals surface area contributed by atoms with E-state index in [1.54, 1.807) is 0 Å². The quantitative estimate of drug-likeness (QED) is 0.182. The predicted octanol–water partition coefficient (Wildman–Crippen LogP) is 11.1. The molecule has 0 radical (unpaired) electrons. The van der Waals surface area contributed by atoms with Gasteiger partial charge in [-0.3, -0.25) is 0 Å². The highest BCUT2D eigenvalue weighted by molar-refractivity contribution is 5.53. The van der Waals surface area contributed by atoms with E-state index in [1.807, 2.05) is 6.07 Å². The first kappa shape index (κ1) is 30.5. The summed E-state index contributed by atoms with van der Waals surface area (Å²) in [6.07, 6.45) is 23.7. The van der Waals surface area contributed by atoms with Crippen molar-refractivity contribution in [2.75, 3.05) is 0 Å². The van der Waals surface area contributed by atoms with Crippen molar-refractivity contribution >= 4 is 0 Å². The van der Waals surface area contributed by atoms with E-state index in [1.165, 1.54) is 119 Å². The zero-order valence-electron chi connectivity index (χ0n) is 24.2. The topological polar surface area (TPSA) is 20.2 Å². The Morgan fingerprint density at radius 3 is 1.56 bits per heavy atom. The molecule has 0 aliphatic heterocycles. The largest absolute Gasteiger partial charge is 0.508 e. The van der Waals surface area contributed by atoms with Gasteiger partial charge in [-0.05, 0) is 48.4 Å². The van der Waals surface area contributed by atoms with E-state index >= 15 is 0 Å². The van der Waals surface area contributed by atoms with Gasteiger partial charge in [-0.1, -0.05) is 154 Å². The molecule has 1 nitrogen and oxygen atoms in total. The van der Waals surface area contributed by atoms with Gasteiger partial charge in [0, 0.05) is 11.0 Å². The lowest BCUT2D eigenvalue weighted by molar-refractivity contribution is 0.449. The average Bonchev–Trinajstić information content (AvgIpc) is 2.88. The third-order valence-electron chi connectivity index (χ3n) is 8.09. The van der Waals surface area contributed by atoms with Crippen LogP contribution in [0.1, 0.15) is 153 Å². The Balaban J connectivity index is 2.09. The van der Waals surface area contributed by atoms with Crippen molar-refractivity contribution in [3.63, 3.8) is 0 Å². The minimum atomic E-state index is -0.212. The van der Waals surface area contributed by atoms with E-state index in [2.05, 4.69) is 64.1 Å². The van der Waals surface area contributed by atoms with Gasteiger partial charge in [-0.15, -0.1) is 0 Å². The molecule has 2 aromatic rings. The van der Waals surface area contributed by atoms with Gasteiger partial charge in [-0.2, -0.15) is 0 Å². The number of benzene rings is 2. The maximum absolute atomic E-state index is 11.1. The van der Waals surface area contributed by atoms with Crippen LogP contribution in [0.15, 0.2) is 42.5 Å². The first-order valence-corrected chi connectivity index (χ1v) is 15.4. The second-order valence-corrected chi connectivity index (χ2v) is 11.5. The highest BCUT2D eigenvalue weighted by Gasteiger charge is 2.30. The summed E-state index contributed by atoms with van der Waals surface area (Å²) in [6, 6.07) is 14.9. The summed E-state index contributed by atoms with van der Waals surface area (Å²) in [5.41, 5.74) is 5.13. The van der Waals surface area contributed by atoms with Crippen LogP contribution in [0, 0.1) is 0 Å². The monoisotopic (exact) mass is 492 g/mol. The Labute approximate surface area is 224 Å². The maximum atomic E-state index is 11.1. The molecule has 1 N–H and O–H groups in total. The lowest BCUT2D eigenvalue weighted by atomic mass is 9.73. The summed E-state index contributed by atoms with van der Waals surface area (Å²) in [6.45, 7) is 9.15. The fourth-order valence-electron chi connectivity index (χ4n) is 5.78. The number of phenols is 1. The van der Waals surface area contributed by atoms with E-state index in [9.17, 15) is 5.11 Å². The third kappa shape index (κ3) is 10.3. The molecule has 2 rings (SSSR count). The molecular weight excluding hydrogens is 436 g/mol. The molecule has 36 heavy (non-hydrogen) atoms. The van der Waals surface area contributed by atoms with Crippen molar-refractivity contribution in [3.05, 3.63) is 64.7 Å². The van der Waals surface area contributed by atoms with Crippen molar-refractivity contribution in [2.24, 2.45) is 0 Å². The summed E-state index contributed by atoms with van der Waals surface area (Å²) >= 11 is 0. The first-order valence-electron chi connectivity index (χ1n) is 15.4. The zero-order chi connectivity index (χ0) is 26.1. The van der Waals surface area contributed by atoms with Gasteiger partial charge in [-0.25, -0.2) is 0 Å². The summed E-state index contributed by atoms with van der Waals surface area (Å²) in [7, 11) is 0. The minimum Gasteiger partial charge on any atom is -0.508 e. The number of aromatic hydroxyl groups is 1. The molecule has 202 valence electrons. The van der Waals surface area contributed by atoms with Crippen molar-refractivity contribution in [2.45, 2.75) is 149 Å².